The van der Waals surface area contributed by atoms with Gasteiger partial charge in [0.1, 0.15) is 11.4 Å². The first-order valence-corrected chi connectivity index (χ1v) is 10.7. The Bertz CT molecular complexity index is 766. The molecule has 0 aromatic carbocycles. The number of carbonyl (C=O) groups excluding carboxylic acids is 1. The summed E-state index contributed by atoms with van der Waals surface area (Å²) in [5.41, 5.74) is 5.74. The lowest BCUT2D eigenvalue weighted by molar-refractivity contribution is -0.00955. The fourth-order valence-electron chi connectivity index (χ4n) is 6.83. The largest absolute Gasteiger partial charge is 0.338 e. The standard InChI is InChI=1S/C21H30N4O2/c22-10-13-2-1-3-25(12-13)19(27)17-11-23-20(24-18(17)26)21-7-14-4-15(8-21)6-16(5-14)9-21/h11,13-16H,1-10,12,22H2,(H,23,24,26). The number of H-pyrrole nitrogens is 1. The van der Waals surface area contributed by atoms with E-state index >= 15 is 0 Å². The van der Waals surface area contributed by atoms with Crippen LogP contribution in [0, 0.1) is 23.7 Å². The van der Waals surface area contributed by atoms with E-state index < -0.39 is 0 Å². The van der Waals surface area contributed by atoms with E-state index in [-0.39, 0.29) is 22.4 Å². The van der Waals surface area contributed by atoms with Gasteiger partial charge in [0.05, 0.1) is 0 Å². The molecule has 0 radical (unpaired) electrons. The lowest BCUT2D eigenvalue weighted by Gasteiger charge is -2.56. The van der Waals surface area contributed by atoms with Crippen LogP contribution in [0.4, 0.5) is 0 Å². The van der Waals surface area contributed by atoms with Crippen LogP contribution in [0.25, 0.3) is 0 Å². The predicted octanol–water partition coefficient (Wildman–Crippen LogP) is 2.05. The minimum absolute atomic E-state index is 0.0469. The molecule has 5 aliphatic rings. The van der Waals surface area contributed by atoms with Crippen LogP contribution in [-0.2, 0) is 5.41 Å². The molecule has 3 N–H and O–H groups in total. The van der Waals surface area contributed by atoms with E-state index in [1.54, 1.807) is 11.1 Å². The molecule has 1 amide bonds. The summed E-state index contributed by atoms with van der Waals surface area (Å²) < 4.78 is 0. The molecule has 6 nitrogen and oxygen atoms in total. The van der Waals surface area contributed by atoms with Crippen LogP contribution in [0.5, 0.6) is 0 Å². The molecule has 4 aliphatic carbocycles. The summed E-state index contributed by atoms with van der Waals surface area (Å²) in [5, 5.41) is 0. The highest BCUT2D eigenvalue weighted by molar-refractivity contribution is 5.93. The quantitative estimate of drug-likeness (QED) is 0.852. The number of likely N-dealkylation sites (tertiary alicyclic amines) is 1. The Kier molecular flexibility index (Phi) is 4.15. The van der Waals surface area contributed by atoms with Gasteiger partial charge < -0.3 is 15.6 Å². The Balaban J connectivity index is 1.40. The summed E-state index contributed by atoms with van der Waals surface area (Å²) >= 11 is 0. The maximum absolute atomic E-state index is 12.9. The fraction of sp³-hybridized carbons (Fsp3) is 0.762. The molecular weight excluding hydrogens is 340 g/mol. The fourth-order valence-corrected chi connectivity index (χ4v) is 6.83. The topological polar surface area (TPSA) is 92.1 Å². The summed E-state index contributed by atoms with van der Waals surface area (Å²) in [6.45, 7) is 1.93. The first kappa shape index (κ1) is 17.4. The zero-order chi connectivity index (χ0) is 18.6. The highest BCUT2D eigenvalue weighted by Crippen LogP contribution is 2.59. The maximum atomic E-state index is 12.9. The van der Waals surface area contributed by atoms with Gasteiger partial charge in [-0.15, -0.1) is 0 Å². The van der Waals surface area contributed by atoms with Gasteiger partial charge >= 0.3 is 0 Å². The number of hydrogen-bond donors (Lipinski definition) is 2. The number of amides is 1. The van der Waals surface area contributed by atoms with Crippen molar-refractivity contribution >= 4 is 5.91 Å². The molecule has 4 saturated carbocycles. The first-order chi connectivity index (χ1) is 13.1. The molecule has 6 heteroatoms. The van der Waals surface area contributed by atoms with Gasteiger partial charge in [0.25, 0.3) is 11.5 Å². The molecule has 146 valence electrons. The molecule has 27 heavy (non-hydrogen) atoms. The summed E-state index contributed by atoms with van der Waals surface area (Å²) in [6, 6.07) is 0. The van der Waals surface area contributed by atoms with Gasteiger partial charge in [-0.3, -0.25) is 9.59 Å². The zero-order valence-electron chi connectivity index (χ0n) is 16.0. The minimum atomic E-state index is -0.268. The number of nitrogens with one attached hydrogen (secondary N) is 1. The molecule has 1 unspecified atom stereocenters. The van der Waals surface area contributed by atoms with Crippen LogP contribution < -0.4 is 11.3 Å². The van der Waals surface area contributed by atoms with E-state index in [0.717, 1.165) is 55.7 Å². The Labute approximate surface area is 159 Å². The lowest BCUT2D eigenvalue weighted by Crippen LogP contribution is -2.50. The molecule has 1 aromatic heterocycles. The van der Waals surface area contributed by atoms with E-state index in [4.69, 9.17) is 5.73 Å². The molecule has 1 saturated heterocycles. The Morgan fingerprint density at radius 3 is 2.48 bits per heavy atom. The van der Waals surface area contributed by atoms with Crippen molar-refractivity contribution in [2.45, 2.75) is 56.8 Å². The average Bonchev–Trinajstić information content (AvgIpc) is 2.66. The third-order valence-corrected chi connectivity index (χ3v) is 7.71. The third-order valence-electron chi connectivity index (χ3n) is 7.71. The van der Waals surface area contributed by atoms with E-state index in [1.807, 2.05) is 0 Å². The summed E-state index contributed by atoms with van der Waals surface area (Å²) in [6.07, 6.45) is 11.1. The number of rotatable bonds is 3. The van der Waals surface area contributed by atoms with E-state index in [9.17, 15) is 9.59 Å². The van der Waals surface area contributed by atoms with Crippen molar-refractivity contribution in [3.63, 3.8) is 0 Å². The summed E-state index contributed by atoms with van der Waals surface area (Å²) in [5.74, 6) is 3.36. The number of nitrogens with two attached hydrogens (primary N) is 1. The predicted molar refractivity (Wildman–Crippen MR) is 102 cm³/mol. The number of piperidine rings is 1. The smallest absolute Gasteiger partial charge is 0.263 e. The first-order valence-electron chi connectivity index (χ1n) is 10.7. The van der Waals surface area contributed by atoms with Gasteiger partial charge in [-0.2, -0.15) is 0 Å². The highest BCUT2D eigenvalue weighted by atomic mass is 16.2. The third kappa shape index (κ3) is 2.93. The van der Waals surface area contributed by atoms with Crippen LogP contribution in [-0.4, -0.2) is 40.4 Å². The highest BCUT2D eigenvalue weighted by Gasteiger charge is 2.53. The van der Waals surface area contributed by atoms with Crippen molar-refractivity contribution in [1.82, 2.24) is 14.9 Å². The SMILES string of the molecule is NCC1CCCN(C(=O)c2cnc(C34CC5CC(CC(C5)C3)C4)[nH]c2=O)C1. The van der Waals surface area contributed by atoms with Gasteiger partial charge in [0.15, 0.2) is 0 Å². The number of hydrogen-bond acceptors (Lipinski definition) is 4. The van der Waals surface area contributed by atoms with Crippen LogP contribution in [0.1, 0.15) is 67.5 Å². The molecule has 5 fully saturated rings. The van der Waals surface area contributed by atoms with Gasteiger partial charge in [-0.1, -0.05) is 0 Å². The van der Waals surface area contributed by atoms with Gasteiger partial charge in [0.2, 0.25) is 0 Å². The normalized spacial score (nSPS) is 37.6. The van der Waals surface area contributed by atoms with Crippen LogP contribution >= 0.6 is 0 Å². The van der Waals surface area contributed by atoms with E-state index in [1.165, 1.54) is 19.3 Å². The van der Waals surface area contributed by atoms with E-state index in [2.05, 4.69) is 9.97 Å². The molecule has 4 bridgehead atoms. The number of aromatic amines is 1. The second-order valence-electron chi connectivity index (χ2n) is 9.67. The molecular formula is C21H30N4O2. The molecule has 0 spiro atoms. The van der Waals surface area contributed by atoms with Gasteiger partial charge in [-0.05, 0) is 81.6 Å². The minimum Gasteiger partial charge on any atom is -0.338 e. The Hall–Kier alpha value is -1.69. The second-order valence-corrected chi connectivity index (χ2v) is 9.67. The Morgan fingerprint density at radius 1 is 1.22 bits per heavy atom. The monoisotopic (exact) mass is 370 g/mol. The maximum Gasteiger partial charge on any atom is 0.263 e. The van der Waals surface area contributed by atoms with Crippen molar-refractivity contribution in [3.8, 4) is 0 Å². The van der Waals surface area contributed by atoms with Crippen molar-refractivity contribution in [3.05, 3.63) is 27.9 Å². The molecule has 2 heterocycles. The molecule has 6 rings (SSSR count). The van der Waals surface area contributed by atoms with Crippen molar-refractivity contribution in [1.29, 1.82) is 0 Å². The van der Waals surface area contributed by atoms with E-state index in [0.29, 0.717) is 25.6 Å². The van der Waals surface area contributed by atoms with Gasteiger partial charge in [-0.25, -0.2) is 4.98 Å². The number of nitrogens with zero attached hydrogens (tertiary/aromatic N) is 2. The lowest BCUT2D eigenvalue weighted by atomic mass is 9.49. The zero-order valence-corrected chi connectivity index (χ0v) is 16.0. The molecule has 1 aliphatic heterocycles. The molecule has 1 aromatic rings. The number of aromatic nitrogens is 2. The van der Waals surface area contributed by atoms with Crippen molar-refractivity contribution < 1.29 is 4.79 Å². The van der Waals surface area contributed by atoms with Crippen LogP contribution in [0.3, 0.4) is 0 Å². The van der Waals surface area contributed by atoms with Crippen molar-refractivity contribution in [2.75, 3.05) is 19.6 Å². The van der Waals surface area contributed by atoms with Crippen LogP contribution in [0.2, 0.25) is 0 Å². The Morgan fingerprint density at radius 2 is 1.89 bits per heavy atom. The van der Waals surface area contributed by atoms with Crippen molar-refractivity contribution in [2.24, 2.45) is 29.4 Å². The summed E-state index contributed by atoms with van der Waals surface area (Å²) in [4.78, 5) is 35.1. The van der Waals surface area contributed by atoms with Crippen LogP contribution in [0.15, 0.2) is 11.0 Å². The number of carbonyl (C=O) groups is 1. The summed E-state index contributed by atoms with van der Waals surface area (Å²) in [7, 11) is 0. The second kappa shape index (κ2) is 6.43. The average molecular weight is 370 g/mol. The molecule has 1 atom stereocenters. The van der Waals surface area contributed by atoms with Gasteiger partial charge in [0, 0.05) is 24.7 Å².